The number of aromatic nitrogens is 8. The normalized spacial score (nSPS) is 23.4. The number of nitrogen functional groups attached to an aromatic ring is 2. The first kappa shape index (κ1) is 50.8. The number of halogens is 2. The molecule has 9 N–H and O–H groups in total. The number of nitrogens with one attached hydrogen (secondary N) is 2. The van der Waals surface area contributed by atoms with Gasteiger partial charge in [-0.05, 0) is 61.8 Å². The van der Waals surface area contributed by atoms with Crippen LogP contribution in [0.15, 0.2) is 85.3 Å². The molecule has 2 aliphatic heterocycles. The average Bonchev–Trinajstić information content (AvgIpc) is 4.22. The van der Waals surface area contributed by atoms with Crippen molar-refractivity contribution in [2.45, 2.75) is 93.7 Å². The van der Waals surface area contributed by atoms with Gasteiger partial charge in [-0.1, -0.05) is 42.5 Å². The van der Waals surface area contributed by atoms with Crippen molar-refractivity contribution in [1.29, 1.82) is 0 Å². The lowest BCUT2D eigenvalue weighted by Crippen LogP contribution is -2.43. The molecule has 8 unspecified atom stereocenters. The Morgan fingerprint density at radius 1 is 0.845 bits per heavy atom. The minimum absolute atomic E-state index is 0.0166. The number of alkyl halides is 2. The summed E-state index contributed by atoms with van der Waals surface area (Å²) in [6, 6.07) is 11.4. The first-order chi connectivity index (χ1) is 34.0. The molecule has 1 amide bonds. The van der Waals surface area contributed by atoms with Gasteiger partial charge in [0, 0.05) is 30.4 Å². The number of aliphatic hydroxyl groups is 2. The number of imidazole rings is 2. The van der Waals surface area contributed by atoms with Crippen LogP contribution in [-0.4, -0.2) is 112 Å². The highest BCUT2D eigenvalue weighted by molar-refractivity contribution is 7.86. The van der Waals surface area contributed by atoms with Crippen LogP contribution in [0, 0.1) is 0 Å². The molecule has 71 heavy (non-hydrogen) atoms. The highest BCUT2D eigenvalue weighted by Gasteiger charge is 2.64. The van der Waals surface area contributed by atoms with Gasteiger partial charge in [0.2, 0.25) is 5.91 Å². The molecule has 0 radical (unpaired) electrons. The van der Waals surface area contributed by atoms with Crippen LogP contribution in [0.4, 0.5) is 20.4 Å². The van der Waals surface area contributed by atoms with Crippen LogP contribution in [0.5, 0.6) is 0 Å². The van der Waals surface area contributed by atoms with Crippen LogP contribution in [-0.2, 0) is 46.3 Å². The minimum Gasteiger partial charge on any atom is -0.478 e. The molecular weight excluding hydrogens is 975 g/mol. The SMILES string of the molecule is Nc1ncnc2c1ncn2C1CCC(CNS(=O)/C=C/CCC2(O)c3ccccc3C(O)C2(F)F)O1.Nc1ncnc2c1ncn2C1CCC(COS(=O)NC(=O)CCC(=O)c2cccc(C(=O)O)c2)O1. The number of carbonyl (C=O) groups excluding carboxylic acids is 2. The lowest BCUT2D eigenvalue weighted by atomic mass is 9.88. The Kier molecular flexibility index (Phi) is 15.6. The molecule has 23 nitrogen and oxygen atoms in total. The second-order valence-corrected chi connectivity index (χ2v) is 18.7. The highest BCUT2D eigenvalue weighted by Crippen LogP contribution is 2.56. The maximum absolute atomic E-state index is 14.7. The number of allylic oxidation sites excluding steroid dienone is 1. The zero-order chi connectivity index (χ0) is 50.5. The van der Waals surface area contributed by atoms with E-state index < -0.39 is 57.5 Å². The number of rotatable bonds is 18. The number of nitrogens with zero attached hydrogens (tertiary/aromatic N) is 8. The number of Topliss-reactive ketones (excluding diaryl/α,β-unsaturated/α-hetero) is 1. The number of benzene rings is 2. The zero-order valence-electron chi connectivity index (χ0n) is 37.5. The van der Waals surface area contributed by atoms with Gasteiger partial charge in [-0.15, -0.1) is 0 Å². The van der Waals surface area contributed by atoms with Crippen LogP contribution in [0.2, 0.25) is 0 Å². The number of aliphatic hydroxyl groups excluding tert-OH is 1. The molecule has 6 heterocycles. The summed E-state index contributed by atoms with van der Waals surface area (Å²) >= 11 is -2.11. The van der Waals surface area contributed by atoms with Gasteiger partial charge < -0.3 is 36.3 Å². The lowest BCUT2D eigenvalue weighted by Gasteiger charge is -2.31. The predicted octanol–water partition coefficient (Wildman–Crippen LogP) is 3.36. The molecule has 0 spiro atoms. The van der Waals surface area contributed by atoms with Gasteiger partial charge in [-0.2, -0.15) is 8.78 Å². The van der Waals surface area contributed by atoms with Crippen LogP contribution in [0.1, 0.15) is 102 Å². The highest BCUT2D eigenvalue weighted by atomic mass is 32.2. The van der Waals surface area contributed by atoms with Gasteiger partial charge in [0.15, 0.2) is 34.3 Å². The lowest BCUT2D eigenvalue weighted by molar-refractivity contribution is -0.225. The van der Waals surface area contributed by atoms with Crippen molar-refractivity contribution in [3.63, 3.8) is 0 Å². The van der Waals surface area contributed by atoms with E-state index in [1.54, 1.807) is 27.9 Å². The molecule has 2 saturated heterocycles. The molecule has 27 heteroatoms. The van der Waals surface area contributed by atoms with E-state index in [1.807, 2.05) is 0 Å². The number of nitrogens with two attached hydrogens (primary N) is 2. The van der Waals surface area contributed by atoms with Crippen molar-refractivity contribution in [3.8, 4) is 0 Å². The van der Waals surface area contributed by atoms with Crippen molar-refractivity contribution >= 4 is 73.9 Å². The first-order valence-electron chi connectivity index (χ1n) is 22.1. The van der Waals surface area contributed by atoms with Crippen molar-refractivity contribution in [2.24, 2.45) is 0 Å². The zero-order valence-corrected chi connectivity index (χ0v) is 39.1. The smallest absolute Gasteiger partial charge is 0.335 e. The van der Waals surface area contributed by atoms with Crippen LogP contribution in [0.25, 0.3) is 22.3 Å². The summed E-state index contributed by atoms with van der Waals surface area (Å²) in [7, 11) is -1.56. The number of hydrogen-bond acceptors (Lipinski definition) is 18. The standard InChI is InChI=1S/C23H26F2N6O4S.C21H22N6O7S/c24-23(25)19(32)15-5-1-2-6-16(15)22(23,33)9-3-4-10-36(34)30-11-14-7-8-17(35-14)31-13-29-18-20(26)27-12-28-21(18)31;22-19-18-20(24-10-23-19)27(11-25-18)17-7-4-14(34-17)9-33-35(32)26-16(29)6-5-15(28)12-2-1-3-13(8-12)21(30)31/h1-2,4-6,10,12-14,17,19,30,32-33H,3,7-9,11H2,(H2,26,27,28);1-3,8,10-11,14,17H,4-7,9H2,(H,26,29)(H,30,31)(H2,22,23,24)/b10-4+;. The average molecular weight is 1020 g/mol. The molecule has 376 valence electrons. The maximum atomic E-state index is 14.7. The Bertz CT molecular complexity index is 3020. The number of fused-ring (bicyclic) bond motifs is 3. The Labute approximate surface area is 407 Å². The van der Waals surface area contributed by atoms with Crippen molar-refractivity contribution in [1.82, 2.24) is 48.5 Å². The van der Waals surface area contributed by atoms with E-state index in [1.165, 1.54) is 66.6 Å². The minimum atomic E-state index is -3.73. The van der Waals surface area contributed by atoms with Gasteiger partial charge in [0.05, 0.1) is 37.0 Å². The second-order valence-electron chi connectivity index (χ2n) is 16.6. The predicted molar refractivity (Wildman–Crippen MR) is 250 cm³/mol. The summed E-state index contributed by atoms with van der Waals surface area (Å²) in [6.45, 7) is 0.298. The van der Waals surface area contributed by atoms with Gasteiger partial charge in [0.25, 0.3) is 11.3 Å². The molecule has 6 aromatic rings. The topological polar surface area (TPSA) is 337 Å². The number of hydrogen-bond donors (Lipinski definition) is 7. The summed E-state index contributed by atoms with van der Waals surface area (Å²) in [4.78, 5) is 60.0. The Balaban J connectivity index is 0.000000191. The quantitative estimate of drug-likeness (QED) is 0.0607. The van der Waals surface area contributed by atoms with E-state index in [2.05, 4.69) is 39.3 Å². The molecule has 4 aromatic heterocycles. The summed E-state index contributed by atoms with van der Waals surface area (Å²) in [5.74, 6) is -5.36. The third kappa shape index (κ3) is 11.2. The third-order valence-electron chi connectivity index (χ3n) is 12.1. The van der Waals surface area contributed by atoms with Gasteiger partial charge in [-0.3, -0.25) is 27.6 Å². The molecule has 1 aliphatic carbocycles. The van der Waals surface area contributed by atoms with Gasteiger partial charge >= 0.3 is 11.9 Å². The number of ketones is 1. The molecule has 0 bridgehead atoms. The fraction of sp³-hybridized carbons (Fsp3) is 0.386. The number of amides is 1. The molecule has 9 rings (SSSR count). The molecule has 8 atom stereocenters. The second kappa shape index (κ2) is 21.8. The number of carbonyl (C=O) groups is 3. The monoisotopic (exact) mass is 1020 g/mol. The van der Waals surface area contributed by atoms with E-state index >= 15 is 0 Å². The van der Waals surface area contributed by atoms with E-state index in [4.69, 9.17) is 30.2 Å². The Morgan fingerprint density at radius 3 is 2.13 bits per heavy atom. The molecule has 0 saturated carbocycles. The molecule has 3 aliphatic rings. The Morgan fingerprint density at radius 2 is 1.46 bits per heavy atom. The maximum Gasteiger partial charge on any atom is 0.335 e. The number of anilines is 2. The largest absolute Gasteiger partial charge is 0.478 e. The summed E-state index contributed by atoms with van der Waals surface area (Å²) in [6.07, 6.45) is 6.12. The van der Waals surface area contributed by atoms with Gasteiger partial charge in [-0.25, -0.2) is 47.8 Å². The van der Waals surface area contributed by atoms with Crippen molar-refractivity contribution in [2.75, 3.05) is 24.6 Å². The van der Waals surface area contributed by atoms with Crippen LogP contribution < -0.4 is 20.9 Å². The van der Waals surface area contributed by atoms with Crippen LogP contribution >= 0.6 is 0 Å². The molecule has 2 aromatic carbocycles. The van der Waals surface area contributed by atoms with E-state index in [0.29, 0.717) is 54.0 Å². The van der Waals surface area contributed by atoms with Gasteiger partial charge in [0.1, 0.15) is 53.2 Å². The fourth-order valence-corrected chi connectivity index (χ4v) is 9.79. The van der Waals surface area contributed by atoms with E-state index in [0.717, 1.165) is 6.42 Å². The van der Waals surface area contributed by atoms with Crippen molar-refractivity contribution < 1.29 is 60.6 Å². The Hall–Kier alpha value is -6.59. The molecule has 2 fully saturated rings. The molecular formula is C44H48F2N12O11S2. The third-order valence-corrected chi connectivity index (χ3v) is 13.7. The summed E-state index contributed by atoms with van der Waals surface area (Å²) in [5.41, 5.74) is 11.4. The fourth-order valence-electron chi connectivity index (χ4n) is 8.41. The number of aromatic carboxylic acids is 1. The van der Waals surface area contributed by atoms with Crippen LogP contribution in [0.3, 0.4) is 0 Å². The summed E-state index contributed by atoms with van der Waals surface area (Å²) in [5, 5.41) is 31.1. The number of carboxylic acid groups (broad SMARTS) is 1. The number of carboxylic acids is 1. The van der Waals surface area contributed by atoms with E-state index in [9.17, 15) is 41.8 Å². The number of ether oxygens (including phenoxy) is 2. The first-order valence-corrected chi connectivity index (χ1v) is 24.4. The summed E-state index contributed by atoms with van der Waals surface area (Å²) < 4.78 is 79.5. The van der Waals surface area contributed by atoms with E-state index in [-0.39, 0.29) is 85.0 Å². The van der Waals surface area contributed by atoms with Crippen molar-refractivity contribution in [3.05, 3.63) is 108 Å².